The molecule has 2 rings (SSSR count). The molecule has 1 atom stereocenters. The van der Waals surface area contributed by atoms with Gasteiger partial charge in [-0.2, -0.15) is 0 Å². The monoisotopic (exact) mass is 318 g/mol. The molecule has 4 nitrogen and oxygen atoms in total. The van der Waals surface area contributed by atoms with E-state index in [-0.39, 0.29) is 12.1 Å². The minimum absolute atomic E-state index is 0.190. The molecule has 1 aromatic carbocycles. The van der Waals surface area contributed by atoms with Crippen molar-refractivity contribution in [3.8, 4) is 0 Å². The number of hydrogen-bond donors (Lipinski definition) is 1. The Morgan fingerprint density at radius 1 is 1.39 bits per heavy atom. The van der Waals surface area contributed by atoms with E-state index in [9.17, 15) is 4.79 Å². The third-order valence-corrected chi connectivity index (χ3v) is 3.96. The van der Waals surface area contributed by atoms with Crippen LogP contribution in [0.3, 0.4) is 0 Å². The zero-order valence-electron chi connectivity index (χ0n) is 15.1. The van der Waals surface area contributed by atoms with Crippen molar-refractivity contribution in [3.63, 3.8) is 0 Å². The van der Waals surface area contributed by atoms with E-state index >= 15 is 0 Å². The molecule has 23 heavy (non-hydrogen) atoms. The summed E-state index contributed by atoms with van der Waals surface area (Å²) in [4.78, 5) is 14.2. The van der Waals surface area contributed by atoms with Crippen LogP contribution in [0.25, 0.3) is 0 Å². The number of ether oxygens (including phenoxy) is 1. The lowest BCUT2D eigenvalue weighted by atomic mass is 10.1. The molecule has 0 spiro atoms. The van der Waals surface area contributed by atoms with Gasteiger partial charge in [0.05, 0.1) is 0 Å². The highest BCUT2D eigenvalue weighted by molar-refractivity contribution is 5.69. The maximum atomic E-state index is 12.3. The Bertz CT molecular complexity index is 532. The molecule has 128 valence electrons. The van der Waals surface area contributed by atoms with Gasteiger partial charge >= 0.3 is 6.09 Å². The standard InChI is InChI=1S/C19H30N2O2/c1-14-7-6-8-16(13-14)15(2)20-11-12-21(17-9-10-17)18(22)23-19(3,4)5/h6-8,13,15,17,20H,9-12H2,1-5H3. The summed E-state index contributed by atoms with van der Waals surface area (Å²) in [5, 5.41) is 3.51. The van der Waals surface area contributed by atoms with Crippen molar-refractivity contribution in [2.24, 2.45) is 0 Å². The predicted molar refractivity (Wildman–Crippen MR) is 93.6 cm³/mol. The molecular weight excluding hydrogens is 288 g/mol. The molecule has 0 saturated heterocycles. The molecule has 0 aromatic heterocycles. The number of aryl methyl sites for hydroxylation is 1. The summed E-state index contributed by atoms with van der Waals surface area (Å²) < 4.78 is 5.52. The van der Waals surface area contributed by atoms with Crippen LogP contribution in [-0.2, 0) is 4.74 Å². The van der Waals surface area contributed by atoms with Gasteiger partial charge in [-0.15, -0.1) is 0 Å². The first-order chi connectivity index (χ1) is 10.8. The second-order valence-electron chi connectivity index (χ2n) is 7.49. The van der Waals surface area contributed by atoms with Gasteiger partial charge in [0.1, 0.15) is 5.60 Å². The summed E-state index contributed by atoms with van der Waals surface area (Å²) in [5.74, 6) is 0. The molecule has 1 aromatic rings. The maximum absolute atomic E-state index is 12.3. The van der Waals surface area contributed by atoms with E-state index in [1.54, 1.807) is 0 Å². The molecule has 1 aliphatic rings. The van der Waals surface area contributed by atoms with Gasteiger partial charge in [0.25, 0.3) is 0 Å². The summed E-state index contributed by atoms with van der Waals surface area (Å²) in [7, 11) is 0. The van der Waals surface area contributed by atoms with E-state index in [0.29, 0.717) is 12.6 Å². The average molecular weight is 318 g/mol. The van der Waals surface area contributed by atoms with Gasteiger partial charge < -0.3 is 15.0 Å². The molecule has 0 bridgehead atoms. The van der Waals surface area contributed by atoms with Gasteiger partial charge in [-0.3, -0.25) is 0 Å². The first kappa shape index (κ1) is 17.8. The fraction of sp³-hybridized carbons (Fsp3) is 0.632. The Balaban J connectivity index is 1.84. The molecule has 0 heterocycles. The first-order valence-electron chi connectivity index (χ1n) is 8.56. The number of hydrogen-bond acceptors (Lipinski definition) is 3. The second-order valence-corrected chi connectivity index (χ2v) is 7.49. The van der Waals surface area contributed by atoms with Crippen LogP contribution in [0.15, 0.2) is 24.3 Å². The number of amides is 1. The summed E-state index contributed by atoms with van der Waals surface area (Å²) in [5.41, 5.74) is 2.11. The lowest BCUT2D eigenvalue weighted by Gasteiger charge is -2.28. The number of carbonyl (C=O) groups is 1. The largest absolute Gasteiger partial charge is 0.444 e. The molecule has 4 heteroatoms. The van der Waals surface area contributed by atoms with Gasteiger partial charge in [-0.25, -0.2) is 4.79 Å². The Morgan fingerprint density at radius 3 is 2.65 bits per heavy atom. The molecule has 0 aliphatic heterocycles. The van der Waals surface area contributed by atoms with Gasteiger partial charge in [-0.05, 0) is 53.0 Å². The van der Waals surface area contributed by atoms with Crippen molar-refractivity contribution in [3.05, 3.63) is 35.4 Å². The summed E-state index contributed by atoms with van der Waals surface area (Å²) in [6.07, 6.45) is 1.99. The van der Waals surface area contributed by atoms with Crippen LogP contribution < -0.4 is 5.32 Å². The molecule has 1 amide bonds. The lowest BCUT2D eigenvalue weighted by molar-refractivity contribution is 0.0235. The first-order valence-corrected chi connectivity index (χ1v) is 8.56. The van der Waals surface area contributed by atoms with E-state index in [0.717, 1.165) is 19.4 Å². The Labute approximate surface area is 140 Å². The van der Waals surface area contributed by atoms with Crippen LogP contribution in [0.2, 0.25) is 0 Å². The minimum atomic E-state index is -0.438. The second kappa shape index (κ2) is 7.35. The van der Waals surface area contributed by atoms with Crippen molar-refractivity contribution in [2.75, 3.05) is 13.1 Å². The van der Waals surface area contributed by atoms with E-state index < -0.39 is 5.60 Å². The Hall–Kier alpha value is -1.55. The molecule has 1 N–H and O–H groups in total. The number of carbonyl (C=O) groups excluding carboxylic acids is 1. The molecular formula is C19H30N2O2. The fourth-order valence-electron chi connectivity index (χ4n) is 2.59. The highest BCUT2D eigenvalue weighted by atomic mass is 16.6. The van der Waals surface area contributed by atoms with Crippen molar-refractivity contribution < 1.29 is 9.53 Å². The fourth-order valence-corrected chi connectivity index (χ4v) is 2.59. The van der Waals surface area contributed by atoms with Gasteiger partial charge in [0.15, 0.2) is 0 Å². The van der Waals surface area contributed by atoms with E-state index in [1.165, 1.54) is 11.1 Å². The molecule has 1 aliphatic carbocycles. The van der Waals surface area contributed by atoms with Crippen LogP contribution >= 0.6 is 0 Å². The van der Waals surface area contributed by atoms with Gasteiger partial charge in [-0.1, -0.05) is 29.8 Å². The number of nitrogens with one attached hydrogen (secondary N) is 1. The molecule has 1 saturated carbocycles. The topological polar surface area (TPSA) is 41.6 Å². The van der Waals surface area contributed by atoms with Crippen molar-refractivity contribution in [1.82, 2.24) is 10.2 Å². The van der Waals surface area contributed by atoms with Gasteiger partial charge in [0, 0.05) is 25.2 Å². The molecule has 1 fully saturated rings. The Morgan fingerprint density at radius 2 is 2.09 bits per heavy atom. The Kier molecular flexibility index (Phi) is 5.69. The third kappa shape index (κ3) is 5.87. The quantitative estimate of drug-likeness (QED) is 0.860. The summed E-state index contributed by atoms with van der Waals surface area (Å²) in [6, 6.07) is 9.16. The smallest absolute Gasteiger partial charge is 0.410 e. The van der Waals surface area contributed by atoms with Crippen molar-refractivity contribution >= 4 is 6.09 Å². The van der Waals surface area contributed by atoms with E-state index in [4.69, 9.17) is 4.74 Å². The van der Waals surface area contributed by atoms with E-state index in [1.807, 2.05) is 25.7 Å². The third-order valence-electron chi connectivity index (χ3n) is 3.96. The highest BCUT2D eigenvalue weighted by Crippen LogP contribution is 2.28. The van der Waals surface area contributed by atoms with Gasteiger partial charge in [0.2, 0.25) is 0 Å². The van der Waals surface area contributed by atoms with Crippen molar-refractivity contribution in [2.45, 2.75) is 65.1 Å². The van der Waals surface area contributed by atoms with Crippen LogP contribution in [0, 0.1) is 6.92 Å². The predicted octanol–water partition coefficient (Wildman–Crippen LogP) is 4.05. The molecule has 1 unspecified atom stereocenters. The molecule has 0 radical (unpaired) electrons. The zero-order valence-corrected chi connectivity index (χ0v) is 15.1. The average Bonchev–Trinajstić information content (AvgIpc) is 3.25. The zero-order chi connectivity index (χ0) is 17.0. The maximum Gasteiger partial charge on any atom is 0.410 e. The number of nitrogens with zero attached hydrogens (tertiary/aromatic N) is 1. The highest BCUT2D eigenvalue weighted by Gasteiger charge is 2.34. The number of rotatable bonds is 6. The van der Waals surface area contributed by atoms with Crippen LogP contribution in [0.4, 0.5) is 4.79 Å². The van der Waals surface area contributed by atoms with Crippen LogP contribution in [-0.4, -0.2) is 35.7 Å². The summed E-state index contributed by atoms with van der Waals surface area (Å²) in [6.45, 7) is 11.5. The van der Waals surface area contributed by atoms with Crippen LogP contribution in [0.5, 0.6) is 0 Å². The SMILES string of the molecule is Cc1cccc(C(C)NCCN(C(=O)OC(C)(C)C)C2CC2)c1. The van der Waals surface area contributed by atoms with Crippen LogP contribution in [0.1, 0.15) is 57.7 Å². The lowest BCUT2D eigenvalue weighted by Crippen LogP contribution is -2.42. The van der Waals surface area contributed by atoms with E-state index in [2.05, 4.69) is 43.4 Å². The normalized spacial score (nSPS) is 16.0. The summed E-state index contributed by atoms with van der Waals surface area (Å²) >= 11 is 0. The number of benzene rings is 1. The van der Waals surface area contributed by atoms with Crippen molar-refractivity contribution in [1.29, 1.82) is 0 Å². The minimum Gasteiger partial charge on any atom is -0.444 e.